The minimum absolute atomic E-state index is 0.333. The maximum Gasteiger partial charge on any atom is 0.351 e. The zero-order chi connectivity index (χ0) is 16.4. The Morgan fingerprint density at radius 1 is 1.27 bits per heavy atom. The van der Waals surface area contributed by atoms with Gasteiger partial charge in [-0.15, -0.1) is 0 Å². The standard InChI is InChI=1S/C14H21NO.C2H2O4/c16-11-5-10-15-9-4-8-14(12-15)13-6-2-1-3-7-13;3-1(4)2(5)6/h1-3,6-7,14,16H,4-5,8-12H2;(H,3,4)(H,5,6). The number of carbonyl (C=O) groups is 2. The molecule has 0 amide bonds. The molecule has 1 fully saturated rings. The molecular formula is C16H23NO5. The second-order valence-electron chi connectivity index (χ2n) is 5.37. The van der Waals surface area contributed by atoms with Crippen LogP contribution in [0.3, 0.4) is 0 Å². The van der Waals surface area contributed by atoms with E-state index in [9.17, 15) is 0 Å². The van der Waals surface area contributed by atoms with Crippen LogP contribution in [0.1, 0.15) is 30.7 Å². The molecule has 0 aromatic heterocycles. The first-order chi connectivity index (χ1) is 10.5. The van der Waals surface area contributed by atoms with Crippen molar-refractivity contribution in [1.82, 2.24) is 0 Å². The predicted molar refractivity (Wildman–Crippen MR) is 78.3 cm³/mol. The molecule has 6 heteroatoms. The molecule has 1 saturated heterocycles. The maximum absolute atomic E-state index is 9.04. The number of aliphatic hydroxyl groups excluding tert-OH is 1. The minimum atomic E-state index is -2.07. The van der Waals surface area contributed by atoms with Gasteiger partial charge in [0.15, 0.2) is 5.97 Å². The number of rotatable bonds is 4. The number of benzene rings is 1. The number of carbonyl (C=O) groups excluding carboxylic acids is 1. The molecule has 122 valence electrons. The van der Waals surface area contributed by atoms with E-state index in [1.54, 1.807) is 4.90 Å². The first-order valence-corrected chi connectivity index (χ1v) is 7.48. The topological polar surface area (TPSA) is 102 Å². The SMILES string of the molecule is O=C([O-])C(=O)O.OCCC[NH+]1CCCC(c2ccccc2)C1. The van der Waals surface area contributed by atoms with Crippen molar-refractivity contribution in [3.63, 3.8) is 0 Å². The van der Waals surface area contributed by atoms with E-state index in [2.05, 4.69) is 30.3 Å². The van der Waals surface area contributed by atoms with Gasteiger partial charge >= 0.3 is 5.97 Å². The first kappa shape index (κ1) is 18.1. The fourth-order valence-corrected chi connectivity index (χ4v) is 2.72. The summed E-state index contributed by atoms with van der Waals surface area (Å²) in [6, 6.07) is 10.9. The van der Waals surface area contributed by atoms with Gasteiger partial charge in [-0.3, -0.25) is 0 Å². The number of hydrogen-bond acceptors (Lipinski definition) is 4. The second kappa shape index (κ2) is 9.92. The summed E-state index contributed by atoms with van der Waals surface area (Å²) in [5.74, 6) is -3.28. The Balaban J connectivity index is 0.000000346. The van der Waals surface area contributed by atoms with Crippen molar-refractivity contribution in [2.75, 3.05) is 26.2 Å². The Labute approximate surface area is 130 Å². The zero-order valence-corrected chi connectivity index (χ0v) is 12.5. The number of carboxylic acids is 2. The van der Waals surface area contributed by atoms with Crippen LogP contribution in [0, 0.1) is 0 Å². The average Bonchev–Trinajstić information content (AvgIpc) is 2.54. The van der Waals surface area contributed by atoms with Crippen molar-refractivity contribution >= 4 is 11.9 Å². The number of aliphatic hydroxyl groups is 1. The van der Waals surface area contributed by atoms with Gasteiger partial charge in [-0.05, 0) is 18.4 Å². The molecule has 6 nitrogen and oxygen atoms in total. The molecule has 1 aliphatic heterocycles. The number of nitrogens with one attached hydrogen (secondary N) is 1. The average molecular weight is 309 g/mol. The quantitative estimate of drug-likeness (QED) is 0.597. The highest BCUT2D eigenvalue weighted by atomic mass is 16.4. The van der Waals surface area contributed by atoms with Gasteiger partial charge in [-0.25, -0.2) is 4.79 Å². The maximum atomic E-state index is 9.04. The van der Waals surface area contributed by atoms with Crippen molar-refractivity contribution in [3.8, 4) is 0 Å². The van der Waals surface area contributed by atoms with Gasteiger partial charge in [0.25, 0.3) is 0 Å². The molecule has 1 aliphatic rings. The van der Waals surface area contributed by atoms with Crippen molar-refractivity contribution in [2.45, 2.75) is 25.2 Å². The lowest BCUT2D eigenvalue weighted by Gasteiger charge is -2.30. The van der Waals surface area contributed by atoms with Gasteiger partial charge in [0.05, 0.1) is 19.6 Å². The Kier molecular flexibility index (Phi) is 8.17. The monoisotopic (exact) mass is 309 g/mol. The van der Waals surface area contributed by atoms with Crippen LogP contribution < -0.4 is 10.0 Å². The Hall–Kier alpha value is -1.92. The van der Waals surface area contributed by atoms with E-state index in [-0.39, 0.29) is 0 Å². The van der Waals surface area contributed by atoms with E-state index < -0.39 is 11.9 Å². The van der Waals surface area contributed by atoms with E-state index in [1.807, 2.05) is 0 Å². The smallest absolute Gasteiger partial charge is 0.351 e. The number of likely N-dealkylation sites (tertiary alicyclic amines) is 1. The summed E-state index contributed by atoms with van der Waals surface area (Å²) in [6.45, 7) is 3.98. The van der Waals surface area contributed by atoms with Crippen LogP contribution in [-0.2, 0) is 9.59 Å². The third-order valence-corrected chi connectivity index (χ3v) is 3.75. The van der Waals surface area contributed by atoms with Gasteiger partial charge in [0.1, 0.15) is 0 Å². The third-order valence-electron chi connectivity index (χ3n) is 3.75. The highest BCUT2D eigenvalue weighted by Crippen LogP contribution is 2.20. The van der Waals surface area contributed by atoms with E-state index >= 15 is 0 Å². The van der Waals surface area contributed by atoms with Crippen molar-refractivity contribution in [3.05, 3.63) is 35.9 Å². The van der Waals surface area contributed by atoms with Gasteiger partial charge < -0.3 is 25.0 Å². The van der Waals surface area contributed by atoms with Crippen LogP contribution in [0.2, 0.25) is 0 Å². The first-order valence-electron chi connectivity index (χ1n) is 7.48. The molecule has 2 rings (SSSR count). The molecule has 3 N–H and O–H groups in total. The molecule has 0 aliphatic carbocycles. The lowest BCUT2D eigenvalue weighted by Crippen LogP contribution is -3.13. The second-order valence-corrected chi connectivity index (χ2v) is 5.37. The Bertz CT molecular complexity index is 451. The van der Waals surface area contributed by atoms with Crippen molar-refractivity contribution in [2.24, 2.45) is 0 Å². The fourth-order valence-electron chi connectivity index (χ4n) is 2.72. The number of aliphatic carboxylic acids is 2. The third kappa shape index (κ3) is 6.69. The summed E-state index contributed by atoms with van der Waals surface area (Å²) >= 11 is 0. The Morgan fingerprint density at radius 3 is 2.45 bits per heavy atom. The molecule has 0 saturated carbocycles. The van der Waals surface area contributed by atoms with Gasteiger partial charge in [0, 0.05) is 18.9 Å². The molecular weight excluding hydrogens is 286 g/mol. The largest absolute Gasteiger partial charge is 0.539 e. The lowest BCUT2D eigenvalue weighted by molar-refractivity contribution is -0.906. The van der Waals surface area contributed by atoms with Gasteiger partial charge in [-0.1, -0.05) is 30.3 Å². The molecule has 0 radical (unpaired) electrons. The van der Waals surface area contributed by atoms with E-state index in [4.69, 9.17) is 24.9 Å². The molecule has 0 spiro atoms. The fraction of sp³-hybridized carbons (Fsp3) is 0.500. The summed E-state index contributed by atoms with van der Waals surface area (Å²) in [5.41, 5.74) is 1.49. The molecule has 2 unspecified atom stereocenters. The summed E-state index contributed by atoms with van der Waals surface area (Å²) in [7, 11) is 0. The van der Waals surface area contributed by atoms with E-state index in [0.717, 1.165) is 18.9 Å². The lowest BCUT2D eigenvalue weighted by atomic mass is 9.90. The Morgan fingerprint density at radius 2 is 1.91 bits per heavy atom. The van der Waals surface area contributed by atoms with Crippen LogP contribution in [0.15, 0.2) is 30.3 Å². The van der Waals surface area contributed by atoms with Crippen LogP contribution in [0.25, 0.3) is 0 Å². The van der Waals surface area contributed by atoms with Crippen LogP contribution in [0.4, 0.5) is 0 Å². The molecule has 2 atom stereocenters. The zero-order valence-electron chi connectivity index (χ0n) is 12.5. The molecule has 0 bridgehead atoms. The summed E-state index contributed by atoms with van der Waals surface area (Å²) in [4.78, 5) is 19.7. The highest BCUT2D eigenvalue weighted by molar-refractivity contribution is 6.26. The molecule has 1 aromatic carbocycles. The van der Waals surface area contributed by atoms with Crippen molar-refractivity contribution in [1.29, 1.82) is 0 Å². The van der Waals surface area contributed by atoms with Crippen LogP contribution in [0.5, 0.6) is 0 Å². The number of quaternary nitrogens is 1. The number of hydrogen-bond donors (Lipinski definition) is 3. The normalized spacial score (nSPS) is 20.6. The molecule has 22 heavy (non-hydrogen) atoms. The van der Waals surface area contributed by atoms with Crippen molar-refractivity contribution < 1.29 is 29.8 Å². The molecule has 1 aromatic rings. The summed E-state index contributed by atoms with van der Waals surface area (Å²) < 4.78 is 0. The molecule has 1 heterocycles. The van der Waals surface area contributed by atoms with Gasteiger partial charge in [0.2, 0.25) is 0 Å². The highest BCUT2D eigenvalue weighted by Gasteiger charge is 2.23. The van der Waals surface area contributed by atoms with Gasteiger partial charge in [-0.2, -0.15) is 0 Å². The number of carboxylic acid groups (broad SMARTS) is 2. The number of piperidine rings is 1. The minimum Gasteiger partial charge on any atom is -0.539 e. The summed E-state index contributed by atoms with van der Waals surface area (Å²) in [6.07, 6.45) is 3.59. The summed E-state index contributed by atoms with van der Waals surface area (Å²) in [5, 5.41) is 25.2. The predicted octanol–water partition coefficient (Wildman–Crippen LogP) is -1.35. The van der Waals surface area contributed by atoms with E-state index in [1.165, 1.54) is 31.5 Å². The van der Waals surface area contributed by atoms with Crippen LogP contribution in [-0.4, -0.2) is 48.4 Å². The van der Waals surface area contributed by atoms with Crippen LogP contribution >= 0.6 is 0 Å². The van der Waals surface area contributed by atoms with E-state index in [0.29, 0.717) is 6.61 Å².